The SMILES string of the molecule is NC(=O)c1ccc(Sc2cccc(O)c2)nn1. The molecular weight excluding hydrogens is 238 g/mol. The monoisotopic (exact) mass is 247 g/mol. The zero-order chi connectivity index (χ0) is 12.3. The maximum Gasteiger partial charge on any atom is 0.269 e. The van der Waals surface area contributed by atoms with Crippen molar-refractivity contribution in [2.24, 2.45) is 5.73 Å². The number of hydrogen-bond acceptors (Lipinski definition) is 5. The highest BCUT2D eigenvalue weighted by molar-refractivity contribution is 7.99. The fourth-order valence-corrected chi connectivity index (χ4v) is 1.96. The van der Waals surface area contributed by atoms with E-state index < -0.39 is 5.91 Å². The molecule has 1 heterocycles. The highest BCUT2D eigenvalue weighted by atomic mass is 32.2. The number of phenols is 1. The first-order valence-electron chi connectivity index (χ1n) is 4.75. The molecule has 0 aliphatic heterocycles. The lowest BCUT2D eigenvalue weighted by molar-refractivity contribution is 0.0994. The van der Waals surface area contributed by atoms with Crippen molar-refractivity contribution in [3.63, 3.8) is 0 Å². The summed E-state index contributed by atoms with van der Waals surface area (Å²) in [5.74, 6) is -0.414. The van der Waals surface area contributed by atoms with Crippen molar-refractivity contribution in [2.75, 3.05) is 0 Å². The van der Waals surface area contributed by atoms with Gasteiger partial charge in [0.25, 0.3) is 5.91 Å². The maximum atomic E-state index is 10.8. The quantitative estimate of drug-likeness (QED) is 0.856. The van der Waals surface area contributed by atoms with Gasteiger partial charge in [-0.1, -0.05) is 17.8 Å². The van der Waals surface area contributed by atoms with E-state index in [9.17, 15) is 9.90 Å². The highest BCUT2D eigenvalue weighted by Gasteiger charge is 2.04. The van der Waals surface area contributed by atoms with Gasteiger partial charge in [-0.2, -0.15) is 0 Å². The van der Waals surface area contributed by atoms with Crippen molar-refractivity contribution < 1.29 is 9.90 Å². The van der Waals surface area contributed by atoms with Crippen LogP contribution < -0.4 is 5.73 Å². The largest absolute Gasteiger partial charge is 0.508 e. The van der Waals surface area contributed by atoms with Crippen molar-refractivity contribution in [1.29, 1.82) is 0 Å². The molecule has 2 aromatic rings. The van der Waals surface area contributed by atoms with E-state index in [0.29, 0.717) is 5.03 Å². The molecule has 0 aliphatic carbocycles. The molecule has 3 N–H and O–H groups in total. The summed E-state index contributed by atoms with van der Waals surface area (Å²) in [5.41, 5.74) is 5.18. The van der Waals surface area contributed by atoms with Crippen molar-refractivity contribution in [3.8, 4) is 5.75 Å². The molecule has 0 spiro atoms. The van der Waals surface area contributed by atoms with Crippen LogP contribution in [0.15, 0.2) is 46.3 Å². The minimum absolute atomic E-state index is 0.130. The summed E-state index contributed by atoms with van der Waals surface area (Å²) in [4.78, 5) is 11.6. The number of phenolic OH excluding ortho intramolecular Hbond substituents is 1. The van der Waals surface area contributed by atoms with Gasteiger partial charge in [0.05, 0.1) is 0 Å². The first kappa shape index (κ1) is 11.4. The third-order valence-electron chi connectivity index (χ3n) is 1.93. The summed E-state index contributed by atoms with van der Waals surface area (Å²) < 4.78 is 0. The summed E-state index contributed by atoms with van der Waals surface area (Å²) in [6.07, 6.45) is 0. The molecule has 1 aromatic carbocycles. The van der Waals surface area contributed by atoms with Crippen LogP contribution in [0.4, 0.5) is 0 Å². The Morgan fingerprint density at radius 1 is 1.24 bits per heavy atom. The predicted octanol–water partition coefficient (Wildman–Crippen LogP) is 1.43. The molecule has 0 bridgehead atoms. The number of rotatable bonds is 3. The normalized spacial score (nSPS) is 10.1. The van der Waals surface area contributed by atoms with Crippen molar-refractivity contribution in [3.05, 3.63) is 42.1 Å². The zero-order valence-electron chi connectivity index (χ0n) is 8.70. The smallest absolute Gasteiger partial charge is 0.269 e. The van der Waals surface area contributed by atoms with Gasteiger partial charge in [-0.3, -0.25) is 4.79 Å². The summed E-state index contributed by atoms with van der Waals surface area (Å²) in [6.45, 7) is 0. The van der Waals surface area contributed by atoms with Crippen LogP contribution in [0.25, 0.3) is 0 Å². The Bertz CT molecular complexity index is 543. The number of primary amides is 1. The van der Waals surface area contributed by atoms with Gasteiger partial charge < -0.3 is 10.8 Å². The number of nitrogens with zero attached hydrogens (tertiary/aromatic N) is 2. The average molecular weight is 247 g/mol. The lowest BCUT2D eigenvalue weighted by atomic mass is 10.3. The average Bonchev–Trinajstić information content (AvgIpc) is 2.29. The molecule has 5 nitrogen and oxygen atoms in total. The zero-order valence-corrected chi connectivity index (χ0v) is 9.52. The van der Waals surface area contributed by atoms with E-state index in [4.69, 9.17) is 5.73 Å². The number of amides is 1. The van der Waals surface area contributed by atoms with Gasteiger partial charge >= 0.3 is 0 Å². The number of aromatic hydroxyl groups is 1. The van der Waals surface area contributed by atoms with Gasteiger partial charge in [0, 0.05) is 4.90 Å². The van der Waals surface area contributed by atoms with Gasteiger partial charge in [0.2, 0.25) is 0 Å². The molecule has 0 radical (unpaired) electrons. The Morgan fingerprint density at radius 3 is 2.65 bits per heavy atom. The first-order chi connectivity index (χ1) is 8.15. The van der Waals surface area contributed by atoms with E-state index in [1.54, 1.807) is 24.3 Å². The Balaban J connectivity index is 2.16. The van der Waals surface area contributed by atoms with Crippen LogP contribution in [0.3, 0.4) is 0 Å². The molecule has 0 saturated heterocycles. The minimum Gasteiger partial charge on any atom is -0.508 e. The summed E-state index contributed by atoms with van der Waals surface area (Å²) in [6, 6.07) is 9.96. The van der Waals surface area contributed by atoms with Gasteiger partial charge in [-0.25, -0.2) is 0 Å². The Labute approximate surface area is 102 Å². The molecule has 86 valence electrons. The van der Waals surface area contributed by atoms with Crippen LogP contribution in [-0.2, 0) is 0 Å². The van der Waals surface area contributed by atoms with E-state index in [-0.39, 0.29) is 11.4 Å². The van der Waals surface area contributed by atoms with Crippen LogP contribution in [-0.4, -0.2) is 21.2 Å². The predicted molar refractivity (Wildman–Crippen MR) is 62.8 cm³/mol. The van der Waals surface area contributed by atoms with Crippen LogP contribution in [0.1, 0.15) is 10.5 Å². The molecule has 0 atom stereocenters. The molecule has 17 heavy (non-hydrogen) atoms. The molecule has 1 amide bonds. The van der Waals surface area contributed by atoms with Gasteiger partial charge in [0.15, 0.2) is 5.69 Å². The van der Waals surface area contributed by atoms with Gasteiger partial charge in [0.1, 0.15) is 10.8 Å². The molecule has 0 unspecified atom stereocenters. The van der Waals surface area contributed by atoms with Gasteiger partial charge in [-0.05, 0) is 30.3 Å². The second kappa shape index (κ2) is 4.84. The Kier molecular flexibility index (Phi) is 3.24. The van der Waals surface area contributed by atoms with Crippen LogP contribution in [0, 0.1) is 0 Å². The topological polar surface area (TPSA) is 89.1 Å². The second-order valence-corrected chi connectivity index (χ2v) is 4.31. The number of carbonyl (C=O) groups excluding carboxylic acids is 1. The first-order valence-corrected chi connectivity index (χ1v) is 5.57. The van der Waals surface area contributed by atoms with Crippen molar-refractivity contribution in [1.82, 2.24) is 10.2 Å². The number of nitrogens with two attached hydrogens (primary N) is 1. The molecule has 2 rings (SSSR count). The van der Waals surface area contributed by atoms with Crippen LogP contribution >= 0.6 is 11.8 Å². The lowest BCUT2D eigenvalue weighted by Gasteiger charge is -2.01. The van der Waals surface area contributed by atoms with Crippen LogP contribution in [0.2, 0.25) is 0 Å². The summed E-state index contributed by atoms with van der Waals surface area (Å²) in [5, 5.41) is 17.5. The van der Waals surface area contributed by atoms with Gasteiger partial charge in [-0.15, -0.1) is 10.2 Å². The van der Waals surface area contributed by atoms with E-state index in [1.165, 1.54) is 17.8 Å². The van der Waals surface area contributed by atoms with Crippen molar-refractivity contribution >= 4 is 17.7 Å². The molecule has 1 aromatic heterocycles. The number of hydrogen-bond donors (Lipinski definition) is 2. The Morgan fingerprint density at radius 2 is 2.06 bits per heavy atom. The fraction of sp³-hybridized carbons (Fsp3) is 0. The van der Waals surface area contributed by atoms with Crippen molar-refractivity contribution in [2.45, 2.75) is 9.92 Å². The molecule has 6 heteroatoms. The Hall–Kier alpha value is -2.08. The third-order valence-corrected chi connectivity index (χ3v) is 2.85. The maximum absolute atomic E-state index is 10.8. The number of aromatic nitrogens is 2. The van der Waals surface area contributed by atoms with Crippen LogP contribution in [0.5, 0.6) is 5.75 Å². The fourth-order valence-electron chi connectivity index (χ4n) is 1.17. The van der Waals surface area contributed by atoms with E-state index >= 15 is 0 Å². The molecular formula is C11H9N3O2S. The molecule has 0 aliphatic rings. The number of carbonyl (C=O) groups is 1. The third kappa shape index (κ3) is 2.94. The number of benzene rings is 1. The standard InChI is InChI=1S/C11H9N3O2S/c12-11(16)9-4-5-10(14-13-9)17-8-3-1-2-7(15)6-8/h1-6,15H,(H2,12,16). The molecule has 0 saturated carbocycles. The van der Waals surface area contributed by atoms with E-state index in [0.717, 1.165) is 4.90 Å². The lowest BCUT2D eigenvalue weighted by Crippen LogP contribution is -2.13. The second-order valence-electron chi connectivity index (χ2n) is 3.22. The van der Waals surface area contributed by atoms with E-state index in [1.807, 2.05) is 6.07 Å². The minimum atomic E-state index is -0.605. The summed E-state index contributed by atoms with van der Waals surface area (Å²) in [7, 11) is 0. The van der Waals surface area contributed by atoms with E-state index in [2.05, 4.69) is 10.2 Å². The molecule has 0 fully saturated rings. The highest BCUT2D eigenvalue weighted by Crippen LogP contribution is 2.27. The summed E-state index contributed by atoms with van der Waals surface area (Å²) >= 11 is 1.34.